The van der Waals surface area contributed by atoms with Crippen LogP contribution in [0.4, 0.5) is 11.4 Å². The number of hydrogen-bond donors (Lipinski definition) is 2. The maximum absolute atomic E-state index is 10.9. The fourth-order valence-corrected chi connectivity index (χ4v) is 5.20. The van der Waals surface area contributed by atoms with E-state index in [2.05, 4.69) is 38.2 Å². The molecule has 168 valence electrons. The van der Waals surface area contributed by atoms with Crippen molar-refractivity contribution in [2.45, 2.75) is 25.8 Å². The third-order valence-corrected chi connectivity index (χ3v) is 7.18. The molecule has 0 spiro atoms. The SMILES string of the molecule is N=C(Nc1ccc2c(c1)cc(-c1ccc(N=O)cc1)n2CCN1CCCCC1)c1cccs1. The zero-order chi connectivity index (χ0) is 22.6. The number of thiophene rings is 1. The highest BCUT2D eigenvalue weighted by Gasteiger charge is 2.15. The van der Waals surface area contributed by atoms with Crippen molar-refractivity contribution in [1.29, 1.82) is 5.41 Å². The number of anilines is 1. The number of fused-ring (bicyclic) bond motifs is 1. The Morgan fingerprint density at radius 2 is 1.82 bits per heavy atom. The number of hydrogen-bond acceptors (Lipinski definition) is 5. The van der Waals surface area contributed by atoms with E-state index in [4.69, 9.17) is 5.41 Å². The molecule has 0 saturated carbocycles. The fourth-order valence-electron chi connectivity index (χ4n) is 4.57. The second-order valence-electron chi connectivity index (χ2n) is 8.47. The summed E-state index contributed by atoms with van der Waals surface area (Å²) in [5, 5.41) is 17.7. The van der Waals surface area contributed by atoms with Crippen LogP contribution in [0.25, 0.3) is 22.2 Å². The Kier molecular flexibility index (Phi) is 6.32. The lowest BCUT2D eigenvalue weighted by atomic mass is 10.1. The molecule has 0 amide bonds. The number of nitrogens with zero attached hydrogens (tertiary/aromatic N) is 3. The van der Waals surface area contributed by atoms with Crippen LogP contribution in [0.5, 0.6) is 0 Å². The van der Waals surface area contributed by atoms with Crippen LogP contribution in [0.2, 0.25) is 0 Å². The molecule has 1 fully saturated rings. The number of aromatic nitrogens is 1. The molecule has 3 heterocycles. The first-order valence-corrected chi connectivity index (χ1v) is 12.3. The van der Waals surface area contributed by atoms with Gasteiger partial charge in [0.1, 0.15) is 11.5 Å². The Labute approximate surface area is 197 Å². The van der Waals surface area contributed by atoms with Crippen molar-refractivity contribution in [3.63, 3.8) is 0 Å². The zero-order valence-electron chi connectivity index (χ0n) is 18.5. The van der Waals surface area contributed by atoms with Crippen molar-refractivity contribution < 1.29 is 0 Å². The van der Waals surface area contributed by atoms with Crippen LogP contribution >= 0.6 is 11.3 Å². The van der Waals surface area contributed by atoms with Crippen LogP contribution in [0.15, 0.2) is 71.2 Å². The molecule has 0 atom stereocenters. The number of amidine groups is 1. The highest BCUT2D eigenvalue weighted by Crippen LogP contribution is 2.31. The van der Waals surface area contributed by atoms with Crippen LogP contribution in [0.1, 0.15) is 24.1 Å². The van der Waals surface area contributed by atoms with E-state index in [0.717, 1.165) is 40.3 Å². The lowest BCUT2D eigenvalue weighted by Gasteiger charge is -2.27. The summed E-state index contributed by atoms with van der Waals surface area (Å²) < 4.78 is 2.38. The normalized spacial score (nSPS) is 14.4. The molecular weight excluding hydrogens is 430 g/mol. The van der Waals surface area contributed by atoms with Crippen LogP contribution in [0, 0.1) is 10.3 Å². The Morgan fingerprint density at radius 3 is 2.55 bits per heavy atom. The van der Waals surface area contributed by atoms with Gasteiger partial charge in [0.05, 0.1) is 4.88 Å². The molecule has 0 radical (unpaired) electrons. The van der Waals surface area contributed by atoms with Crippen molar-refractivity contribution in [3.05, 3.63) is 75.8 Å². The van der Waals surface area contributed by atoms with E-state index in [9.17, 15) is 4.91 Å². The summed E-state index contributed by atoms with van der Waals surface area (Å²) in [5.74, 6) is 0.408. The zero-order valence-corrected chi connectivity index (χ0v) is 19.3. The van der Waals surface area contributed by atoms with Gasteiger partial charge in [0.15, 0.2) is 0 Å². The molecule has 0 aliphatic carbocycles. The second kappa shape index (κ2) is 9.68. The minimum Gasteiger partial charge on any atom is -0.340 e. The summed E-state index contributed by atoms with van der Waals surface area (Å²) in [7, 11) is 0. The first-order valence-electron chi connectivity index (χ1n) is 11.4. The standard InChI is InChI=1S/C26H27N5OS/c27-26(25-5-4-16-33-25)28-22-10-11-23-20(17-22)18-24(19-6-8-21(29-32)9-7-19)31(23)15-14-30-12-2-1-3-13-30/h4-11,16-18H,1-3,12-15H2,(H2,27,28). The monoisotopic (exact) mass is 457 g/mol. The molecular formula is C26H27N5OS. The fraction of sp³-hybridized carbons (Fsp3) is 0.269. The minimum absolute atomic E-state index is 0.408. The molecule has 6 nitrogen and oxygen atoms in total. The predicted octanol–water partition coefficient (Wildman–Crippen LogP) is 6.69. The highest BCUT2D eigenvalue weighted by atomic mass is 32.1. The van der Waals surface area contributed by atoms with Gasteiger partial charge in [-0.25, -0.2) is 0 Å². The average Bonchev–Trinajstić information content (AvgIpc) is 3.52. The quantitative estimate of drug-likeness (QED) is 0.184. The van der Waals surface area contributed by atoms with Gasteiger partial charge in [-0.1, -0.05) is 24.6 Å². The molecule has 0 unspecified atom stereocenters. The van der Waals surface area contributed by atoms with Crippen molar-refractivity contribution in [3.8, 4) is 11.3 Å². The molecule has 5 rings (SSSR count). The lowest BCUT2D eigenvalue weighted by Crippen LogP contribution is -2.32. The van der Waals surface area contributed by atoms with E-state index in [1.165, 1.54) is 37.9 Å². The summed E-state index contributed by atoms with van der Waals surface area (Å²) in [6.07, 6.45) is 3.90. The van der Waals surface area contributed by atoms with Gasteiger partial charge in [-0.15, -0.1) is 16.2 Å². The third kappa shape index (κ3) is 4.74. The lowest BCUT2D eigenvalue weighted by molar-refractivity contribution is 0.222. The van der Waals surface area contributed by atoms with Gasteiger partial charge in [0.2, 0.25) is 0 Å². The maximum Gasteiger partial charge on any atom is 0.140 e. The van der Waals surface area contributed by atoms with E-state index < -0.39 is 0 Å². The third-order valence-electron chi connectivity index (χ3n) is 6.30. The predicted molar refractivity (Wildman–Crippen MR) is 138 cm³/mol. The van der Waals surface area contributed by atoms with Crippen LogP contribution in [-0.2, 0) is 6.54 Å². The van der Waals surface area contributed by atoms with E-state index in [0.29, 0.717) is 11.5 Å². The molecule has 1 aliphatic heterocycles. The molecule has 2 N–H and O–H groups in total. The average molecular weight is 458 g/mol. The minimum atomic E-state index is 0.408. The van der Waals surface area contributed by atoms with Gasteiger partial charge in [-0.05, 0) is 84.5 Å². The van der Waals surface area contributed by atoms with Gasteiger partial charge in [-0.3, -0.25) is 5.41 Å². The number of piperidine rings is 1. The van der Waals surface area contributed by atoms with Gasteiger partial charge in [-0.2, -0.15) is 0 Å². The van der Waals surface area contributed by atoms with Gasteiger partial charge < -0.3 is 14.8 Å². The Morgan fingerprint density at radius 1 is 1.00 bits per heavy atom. The number of nitrogens with one attached hydrogen (secondary N) is 2. The summed E-state index contributed by atoms with van der Waals surface area (Å²) in [4.78, 5) is 14.3. The van der Waals surface area contributed by atoms with Crippen LogP contribution in [0.3, 0.4) is 0 Å². The van der Waals surface area contributed by atoms with Gasteiger partial charge in [0, 0.05) is 35.4 Å². The summed E-state index contributed by atoms with van der Waals surface area (Å²) in [6, 6.07) is 19.9. The summed E-state index contributed by atoms with van der Waals surface area (Å²) in [5.41, 5.74) is 4.71. The number of rotatable bonds is 7. The Bertz CT molecular complexity index is 1250. The van der Waals surface area contributed by atoms with E-state index in [-0.39, 0.29) is 0 Å². The first-order chi connectivity index (χ1) is 16.2. The highest BCUT2D eigenvalue weighted by molar-refractivity contribution is 7.12. The van der Waals surface area contributed by atoms with Gasteiger partial charge in [0.25, 0.3) is 0 Å². The first kappa shape index (κ1) is 21.6. The molecule has 33 heavy (non-hydrogen) atoms. The number of likely N-dealkylation sites (tertiary alicyclic amines) is 1. The van der Waals surface area contributed by atoms with Crippen molar-refractivity contribution in [2.75, 3.05) is 25.0 Å². The summed E-state index contributed by atoms with van der Waals surface area (Å²) in [6.45, 7) is 4.28. The number of benzene rings is 2. The maximum atomic E-state index is 10.9. The Hall–Kier alpha value is -3.29. The van der Waals surface area contributed by atoms with Crippen LogP contribution < -0.4 is 5.32 Å². The van der Waals surface area contributed by atoms with Crippen LogP contribution in [-0.4, -0.2) is 34.9 Å². The summed E-state index contributed by atoms with van der Waals surface area (Å²) >= 11 is 1.56. The van der Waals surface area contributed by atoms with Crippen molar-refractivity contribution in [2.24, 2.45) is 5.18 Å². The van der Waals surface area contributed by atoms with Crippen molar-refractivity contribution in [1.82, 2.24) is 9.47 Å². The number of nitroso groups, excluding NO2 is 1. The molecule has 2 aromatic carbocycles. The molecule has 0 bridgehead atoms. The molecule has 2 aromatic heterocycles. The van der Waals surface area contributed by atoms with E-state index in [1.54, 1.807) is 23.5 Å². The van der Waals surface area contributed by atoms with E-state index in [1.807, 2.05) is 35.7 Å². The Balaban J connectivity index is 1.47. The molecule has 7 heteroatoms. The molecule has 1 aliphatic rings. The van der Waals surface area contributed by atoms with Crippen molar-refractivity contribution >= 4 is 39.5 Å². The topological polar surface area (TPSA) is 73.5 Å². The van der Waals surface area contributed by atoms with Gasteiger partial charge >= 0.3 is 0 Å². The second-order valence-corrected chi connectivity index (χ2v) is 9.42. The smallest absolute Gasteiger partial charge is 0.140 e. The molecule has 4 aromatic rings. The molecule has 1 saturated heterocycles. The van der Waals surface area contributed by atoms with E-state index >= 15 is 0 Å². The largest absolute Gasteiger partial charge is 0.340 e.